The molecule has 0 atom stereocenters. The van der Waals surface area contributed by atoms with Gasteiger partial charge < -0.3 is 19.7 Å². The molecule has 0 aromatic heterocycles. The van der Waals surface area contributed by atoms with Gasteiger partial charge in [0.2, 0.25) is 0 Å². The van der Waals surface area contributed by atoms with Gasteiger partial charge in [0.05, 0.1) is 26.4 Å². The summed E-state index contributed by atoms with van der Waals surface area (Å²) in [6.45, 7) is 12.1. The number of ketones is 1. The Kier molecular flexibility index (Phi) is 23.3. The lowest BCUT2D eigenvalue weighted by Gasteiger charge is -2.14. The van der Waals surface area contributed by atoms with Gasteiger partial charge in [0.25, 0.3) is 0 Å². The summed E-state index contributed by atoms with van der Waals surface area (Å²) in [6.07, 6.45) is 9.57. The van der Waals surface area contributed by atoms with E-state index in [9.17, 15) is 4.79 Å². The minimum atomic E-state index is 0.129. The quantitative estimate of drug-likeness (QED) is 0.349. The van der Waals surface area contributed by atoms with Gasteiger partial charge >= 0.3 is 0 Å². The molecule has 0 spiro atoms. The molecule has 0 saturated heterocycles. The molecule has 160 valence electrons. The molecule has 0 bridgehead atoms. The summed E-state index contributed by atoms with van der Waals surface area (Å²) in [5.41, 5.74) is 7.52. The van der Waals surface area contributed by atoms with Crippen LogP contribution in [0.1, 0.15) is 73.1 Å². The van der Waals surface area contributed by atoms with E-state index < -0.39 is 0 Å². The zero-order valence-corrected chi connectivity index (χ0v) is 18.0. The minimum Gasteiger partial charge on any atom is -0.377 e. The predicted octanol–water partition coefficient (Wildman–Crippen LogP) is 3.37. The first-order valence-corrected chi connectivity index (χ1v) is 10.2. The van der Waals surface area contributed by atoms with Gasteiger partial charge in [0.15, 0.2) is 5.78 Å². The second-order valence-corrected chi connectivity index (χ2v) is 5.69. The molecule has 0 amide bonds. The van der Waals surface area contributed by atoms with E-state index in [4.69, 9.17) is 14.3 Å². The standard InChI is InChI=1S/C16H31N3O3.C2H4O.C2H6/c1-3-5-6-7-8-15-13-19(18-17-15)9-10-21-11-12-22-14-16(20)4-2;1-2-3;1-2/h13,17-18H,3-12,14H2,1-2H3;2H,1H3;1-2H3. The summed E-state index contributed by atoms with van der Waals surface area (Å²) in [4.78, 5) is 19.8. The smallest absolute Gasteiger partial charge is 0.158 e. The van der Waals surface area contributed by atoms with Crippen LogP contribution >= 0.6 is 0 Å². The average Bonchev–Trinajstić information content (AvgIpc) is 3.14. The Hall–Kier alpha value is -1.44. The molecular weight excluding hydrogens is 346 g/mol. The van der Waals surface area contributed by atoms with E-state index in [1.807, 2.05) is 25.8 Å². The number of allylic oxidation sites excluding steroid dienone is 1. The number of nitrogens with zero attached hydrogens (tertiary/aromatic N) is 1. The highest BCUT2D eigenvalue weighted by molar-refractivity contribution is 5.79. The van der Waals surface area contributed by atoms with Crippen molar-refractivity contribution in [2.45, 2.75) is 73.1 Å². The number of unbranched alkanes of at least 4 members (excludes halogenated alkanes) is 3. The molecule has 0 saturated carbocycles. The lowest BCUT2D eigenvalue weighted by Crippen LogP contribution is -2.38. The molecular formula is C20H41N3O4. The number of carbonyl (C=O) groups excluding carboxylic acids is 2. The first-order valence-electron chi connectivity index (χ1n) is 10.2. The predicted molar refractivity (Wildman–Crippen MR) is 110 cm³/mol. The summed E-state index contributed by atoms with van der Waals surface area (Å²) >= 11 is 0. The van der Waals surface area contributed by atoms with Crippen molar-refractivity contribution in [1.82, 2.24) is 16.0 Å². The van der Waals surface area contributed by atoms with Gasteiger partial charge in [0.1, 0.15) is 12.9 Å². The van der Waals surface area contributed by atoms with Crippen molar-refractivity contribution in [3.05, 3.63) is 11.9 Å². The van der Waals surface area contributed by atoms with Crippen molar-refractivity contribution in [2.24, 2.45) is 0 Å². The normalized spacial score (nSPS) is 12.2. The maximum Gasteiger partial charge on any atom is 0.158 e. The molecule has 0 fully saturated rings. The van der Waals surface area contributed by atoms with Gasteiger partial charge in [-0.25, -0.2) is 0 Å². The lowest BCUT2D eigenvalue weighted by molar-refractivity contribution is -0.123. The van der Waals surface area contributed by atoms with Crippen LogP contribution in [0.15, 0.2) is 11.9 Å². The van der Waals surface area contributed by atoms with Crippen molar-refractivity contribution in [1.29, 1.82) is 0 Å². The minimum absolute atomic E-state index is 0.129. The maximum atomic E-state index is 11.0. The SMILES string of the molecule is CC.CC=O.CCCCCCC1=CN(CCOCCOCC(=O)CC)NN1. The third kappa shape index (κ3) is 19.1. The molecule has 7 nitrogen and oxygen atoms in total. The number of hydrogen-bond acceptors (Lipinski definition) is 7. The van der Waals surface area contributed by atoms with E-state index in [1.165, 1.54) is 38.3 Å². The Morgan fingerprint density at radius 3 is 2.41 bits per heavy atom. The topological polar surface area (TPSA) is 79.9 Å². The highest BCUT2D eigenvalue weighted by Gasteiger charge is 2.09. The third-order valence-corrected chi connectivity index (χ3v) is 3.48. The van der Waals surface area contributed by atoms with Crippen LogP contribution in [0.5, 0.6) is 0 Å². The van der Waals surface area contributed by atoms with Gasteiger partial charge in [-0.1, -0.05) is 47.0 Å². The fourth-order valence-corrected chi connectivity index (χ4v) is 2.06. The van der Waals surface area contributed by atoms with Crippen LogP contribution in [0.2, 0.25) is 0 Å². The number of hydrogen-bond donors (Lipinski definition) is 2. The van der Waals surface area contributed by atoms with Crippen LogP contribution in [0.25, 0.3) is 0 Å². The molecule has 0 aliphatic carbocycles. The number of rotatable bonds is 14. The Morgan fingerprint density at radius 1 is 1.11 bits per heavy atom. The zero-order valence-electron chi connectivity index (χ0n) is 18.0. The van der Waals surface area contributed by atoms with E-state index >= 15 is 0 Å². The summed E-state index contributed by atoms with van der Waals surface area (Å²) in [5, 5.41) is 2.00. The molecule has 0 unspecified atom stereocenters. The van der Waals surface area contributed by atoms with E-state index in [2.05, 4.69) is 24.1 Å². The largest absolute Gasteiger partial charge is 0.377 e. The Bertz CT molecular complexity index is 376. The molecule has 2 N–H and O–H groups in total. The fourth-order valence-electron chi connectivity index (χ4n) is 2.06. The zero-order chi connectivity index (χ0) is 20.8. The number of Topliss-reactive ketones (excluding diaryl/α,β-unsaturated/α-hetero) is 1. The first kappa shape index (κ1) is 27.8. The van der Waals surface area contributed by atoms with E-state index in [-0.39, 0.29) is 12.4 Å². The number of aldehydes is 1. The van der Waals surface area contributed by atoms with E-state index in [1.54, 1.807) is 0 Å². The van der Waals surface area contributed by atoms with Crippen molar-refractivity contribution < 1.29 is 19.1 Å². The summed E-state index contributed by atoms with van der Waals surface area (Å²) in [6, 6.07) is 0. The maximum absolute atomic E-state index is 11.0. The molecule has 7 heteroatoms. The molecule has 1 aliphatic rings. The molecule has 1 rings (SSSR count). The van der Waals surface area contributed by atoms with Crippen molar-refractivity contribution in [3.8, 4) is 0 Å². The molecule has 1 heterocycles. The first-order chi connectivity index (χ1) is 13.2. The number of carbonyl (C=O) groups is 2. The van der Waals surface area contributed by atoms with Gasteiger partial charge in [-0.2, -0.15) is 0 Å². The van der Waals surface area contributed by atoms with Crippen LogP contribution < -0.4 is 11.0 Å². The van der Waals surface area contributed by atoms with E-state index in [0.29, 0.717) is 26.2 Å². The second-order valence-electron chi connectivity index (χ2n) is 5.69. The highest BCUT2D eigenvalue weighted by Crippen LogP contribution is 2.10. The average molecular weight is 388 g/mol. The van der Waals surface area contributed by atoms with Crippen LogP contribution in [0.4, 0.5) is 0 Å². The van der Waals surface area contributed by atoms with Gasteiger partial charge in [-0.05, 0) is 19.8 Å². The van der Waals surface area contributed by atoms with Crippen molar-refractivity contribution in [2.75, 3.05) is 33.0 Å². The van der Waals surface area contributed by atoms with Crippen LogP contribution in [0, 0.1) is 0 Å². The summed E-state index contributed by atoms with van der Waals surface area (Å²) in [5.74, 6) is 0.129. The van der Waals surface area contributed by atoms with Crippen LogP contribution in [0.3, 0.4) is 0 Å². The molecule has 0 aromatic carbocycles. The lowest BCUT2D eigenvalue weighted by atomic mass is 10.1. The fraction of sp³-hybridized carbons (Fsp3) is 0.800. The van der Waals surface area contributed by atoms with Gasteiger partial charge in [0, 0.05) is 18.3 Å². The molecule has 27 heavy (non-hydrogen) atoms. The van der Waals surface area contributed by atoms with Crippen molar-refractivity contribution in [3.63, 3.8) is 0 Å². The summed E-state index contributed by atoms with van der Waals surface area (Å²) < 4.78 is 10.7. The molecule has 1 aliphatic heterocycles. The Morgan fingerprint density at radius 2 is 1.78 bits per heavy atom. The number of nitrogens with one attached hydrogen (secondary N) is 2. The van der Waals surface area contributed by atoms with Gasteiger partial charge in [-0.15, -0.1) is 5.53 Å². The number of hydrazine groups is 2. The monoisotopic (exact) mass is 387 g/mol. The molecule has 0 radical (unpaired) electrons. The second kappa shape index (κ2) is 22.6. The summed E-state index contributed by atoms with van der Waals surface area (Å²) in [7, 11) is 0. The Labute approximate surface area is 165 Å². The van der Waals surface area contributed by atoms with Crippen LogP contribution in [-0.2, 0) is 19.1 Å². The third-order valence-electron chi connectivity index (χ3n) is 3.48. The highest BCUT2D eigenvalue weighted by atomic mass is 16.5. The Balaban J connectivity index is 0. The van der Waals surface area contributed by atoms with Crippen molar-refractivity contribution >= 4 is 12.1 Å². The van der Waals surface area contributed by atoms with E-state index in [0.717, 1.165) is 19.3 Å². The number of ether oxygens (including phenoxy) is 2. The van der Waals surface area contributed by atoms with Crippen LogP contribution in [-0.4, -0.2) is 50.1 Å². The molecule has 0 aromatic rings. The van der Waals surface area contributed by atoms with Gasteiger partial charge in [-0.3, -0.25) is 9.80 Å².